The predicted octanol–water partition coefficient (Wildman–Crippen LogP) is 2.84. The Labute approximate surface area is 188 Å². The molecule has 5 nitrogen and oxygen atoms in total. The molecular weight excluding hydrogens is 440 g/mol. The Morgan fingerprint density at radius 2 is 1.77 bits per heavy atom. The van der Waals surface area contributed by atoms with Gasteiger partial charge in [0.1, 0.15) is 6.04 Å². The molecule has 1 aromatic carbocycles. The molecule has 10 heteroatoms. The topological polar surface area (TPSA) is 47.6 Å². The van der Waals surface area contributed by atoms with Crippen molar-refractivity contribution in [2.45, 2.75) is 44.1 Å². The molecular formula is C20H31Cl2F3N4O. The monoisotopic (exact) mass is 470 g/mol. The van der Waals surface area contributed by atoms with Crippen LogP contribution in [-0.4, -0.2) is 73.2 Å². The number of hydrogen-bond acceptors (Lipinski definition) is 4. The minimum atomic E-state index is -4.36. The Hall–Kier alpha value is -1.06. The predicted molar refractivity (Wildman–Crippen MR) is 116 cm³/mol. The lowest BCUT2D eigenvalue weighted by Gasteiger charge is -2.37. The molecule has 0 radical (unpaired) electrons. The fourth-order valence-electron chi connectivity index (χ4n) is 4.06. The van der Waals surface area contributed by atoms with E-state index in [-0.39, 0.29) is 36.8 Å². The molecule has 2 unspecified atom stereocenters. The molecule has 2 aliphatic rings. The molecule has 2 saturated heterocycles. The van der Waals surface area contributed by atoms with Crippen LogP contribution in [0.4, 0.5) is 13.2 Å². The number of carbonyl (C=O) groups excluding carboxylic acids is 1. The van der Waals surface area contributed by atoms with Crippen LogP contribution in [0.1, 0.15) is 24.8 Å². The minimum Gasteiger partial charge on any atom is -0.353 e. The van der Waals surface area contributed by atoms with E-state index in [1.807, 2.05) is 30.3 Å². The zero-order chi connectivity index (χ0) is 20.0. The van der Waals surface area contributed by atoms with E-state index in [9.17, 15) is 18.0 Å². The molecule has 2 aliphatic heterocycles. The fraction of sp³-hybridized carbons (Fsp3) is 0.650. The molecule has 1 aromatic rings. The van der Waals surface area contributed by atoms with Gasteiger partial charge in [0.05, 0.1) is 6.04 Å². The SMILES string of the molecule is Cl.Cl.O=C(NCC(N1CCNCC1)C(F)(F)F)C1CCCCN1Cc1ccccc1. The highest BCUT2D eigenvalue weighted by Gasteiger charge is 2.44. The van der Waals surface area contributed by atoms with Crippen molar-refractivity contribution in [1.29, 1.82) is 0 Å². The van der Waals surface area contributed by atoms with Gasteiger partial charge in [-0.3, -0.25) is 14.6 Å². The number of hydrogen-bond donors (Lipinski definition) is 2. The molecule has 0 aromatic heterocycles. The molecule has 2 atom stereocenters. The van der Waals surface area contributed by atoms with Crippen LogP contribution in [0.3, 0.4) is 0 Å². The summed E-state index contributed by atoms with van der Waals surface area (Å²) in [4.78, 5) is 16.3. The van der Waals surface area contributed by atoms with Crippen LogP contribution in [0.2, 0.25) is 0 Å². The summed E-state index contributed by atoms with van der Waals surface area (Å²) in [5.41, 5.74) is 1.11. The number of likely N-dealkylation sites (tertiary alicyclic amines) is 1. The number of halogens is 5. The average Bonchev–Trinajstić information content (AvgIpc) is 2.69. The van der Waals surface area contributed by atoms with Crippen LogP contribution in [-0.2, 0) is 11.3 Å². The second kappa shape index (κ2) is 12.7. The van der Waals surface area contributed by atoms with E-state index in [0.717, 1.165) is 24.9 Å². The summed E-state index contributed by atoms with van der Waals surface area (Å²) in [6.45, 7) is 2.78. The quantitative estimate of drug-likeness (QED) is 0.670. The molecule has 3 rings (SSSR count). The summed E-state index contributed by atoms with van der Waals surface area (Å²) in [6, 6.07) is 7.86. The van der Waals surface area contributed by atoms with Crippen molar-refractivity contribution in [3.8, 4) is 0 Å². The van der Waals surface area contributed by atoms with Gasteiger partial charge in [-0.25, -0.2) is 0 Å². The number of nitrogens with one attached hydrogen (secondary N) is 2. The van der Waals surface area contributed by atoms with Crippen molar-refractivity contribution in [1.82, 2.24) is 20.4 Å². The van der Waals surface area contributed by atoms with Gasteiger partial charge in [-0.1, -0.05) is 36.8 Å². The summed E-state index contributed by atoms with van der Waals surface area (Å²) in [7, 11) is 0. The van der Waals surface area contributed by atoms with Crippen molar-refractivity contribution in [2.75, 3.05) is 39.3 Å². The Morgan fingerprint density at radius 1 is 1.10 bits per heavy atom. The fourth-order valence-corrected chi connectivity index (χ4v) is 4.06. The van der Waals surface area contributed by atoms with Gasteiger partial charge >= 0.3 is 6.18 Å². The van der Waals surface area contributed by atoms with E-state index >= 15 is 0 Å². The van der Waals surface area contributed by atoms with Gasteiger partial charge in [0.15, 0.2) is 0 Å². The second-order valence-corrected chi connectivity index (χ2v) is 7.56. The first-order chi connectivity index (χ1) is 13.4. The third-order valence-electron chi connectivity index (χ3n) is 5.58. The Balaban J connectivity index is 0.00000225. The molecule has 0 saturated carbocycles. The largest absolute Gasteiger partial charge is 0.405 e. The number of carbonyl (C=O) groups is 1. The first-order valence-electron chi connectivity index (χ1n) is 10.0. The first kappa shape index (κ1) is 27.0. The average molecular weight is 471 g/mol. The summed E-state index contributed by atoms with van der Waals surface area (Å²) in [6.07, 6.45) is -1.75. The molecule has 2 heterocycles. The van der Waals surface area contributed by atoms with E-state index in [2.05, 4.69) is 15.5 Å². The first-order valence-corrected chi connectivity index (χ1v) is 10.0. The lowest BCUT2D eigenvalue weighted by molar-refractivity contribution is -0.184. The van der Waals surface area contributed by atoms with Crippen molar-refractivity contribution in [3.63, 3.8) is 0 Å². The highest BCUT2D eigenvalue weighted by atomic mass is 35.5. The van der Waals surface area contributed by atoms with Crippen LogP contribution < -0.4 is 10.6 Å². The molecule has 0 aliphatic carbocycles. The molecule has 30 heavy (non-hydrogen) atoms. The van der Waals surface area contributed by atoms with Gasteiger partial charge in [-0.15, -0.1) is 24.8 Å². The van der Waals surface area contributed by atoms with Gasteiger partial charge in [0.25, 0.3) is 0 Å². The van der Waals surface area contributed by atoms with Crippen LogP contribution in [0.15, 0.2) is 30.3 Å². The number of alkyl halides is 3. The zero-order valence-corrected chi connectivity index (χ0v) is 18.5. The maximum absolute atomic E-state index is 13.5. The van der Waals surface area contributed by atoms with Gasteiger partial charge in [0, 0.05) is 39.3 Å². The number of amides is 1. The number of nitrogens with zero attached hydrogens (tertiary/aromatic N) is 2. The molecule has 0 bridgehead atoms. The third-order valence-corrected chi connectivity index (χ3v) is 5.58. The van der Waals surface area contributed by atoms with Gasteiger partial charge < -0.3 is 10.6 Å². The van der Waals surface area contributed by atoms with E-state index in [1.165, 1.54) is 4.90 Å². The molecule has 2 N–H and O–H groups in total. The number of benzene rings is 1. The Morgan fingerprint density at radius 3 is 2.40 bits per heavy atom. The van der Waals surface area contributed by atoms with E-state index < -0.39 is 18.8 Å². The lowest BCUT2D eigenvalue weighted by Crippen LogP contribution is -2.59. The summed E-state index contributed by atoms with van der Waals surface area (Å²) in [5.74, 6) is -0.292. The van der Waals surface area contributed by atoms with Crippen molar-refractivity contribution < 1.29 is 18.0 Å². The molecule has 172 valence electrons. The van der Waals surface area contributed by atoms with Crippen LogP contribution in [0.5, 0.6) is 0 Å². The molecule has 0 spiro atoms. The maximum atomic E-state index is 13.5. The number of piperazine rings is 1. The van der Waals surface area contributed by atoms with Crippen molar-refractivity contribution in [2.24, 2.45) is 0 Å². The highest BCUT2D eigenvalue weighted by molar-refractivity contribution is 5.85. The third kappa shape index (κ3) is 7.57. The van der Waals surface area contributed by atoms with Gasteiger partial charge in [-0.05, 0) is 24.9 Å². The molecule has 2 fully saturated rings. The van der Waals surface area contributed by atoms with E-state index in [1.54, 1.807) is 0 Å². The normalized spacial score (nSPS) is 21.8. The van der Waals surface area contributed by atoms with E-state index in [4.69, 9.17) is 0 Å². The zero-order valence-electron chi connectivity index (χ0n) is 16.9. The summed E-state index contributed by atoms with van der Waals surface area (Å²) in [5, 5.41) is 5.67. The van der Waals surface area contributed by atoms with Crippen LogP contribution >= 0.6 is 24.8 Å². The van der Waals surface area contributed by atoms with E-state index in [0.29, 0.717) is 39.1 Å². The molecule has 1 amide bonds. The van der Waals surface area contributed by atoms with Gasteiger partial charge in [-0.2, -0.15) is 13.2 Å². The maximum Gasteiger partial charge on any atom is 0.405 e. The van der Waals surface area contributed by atoms with Gasteiger partial charge in [0.2, 0.25) is 5.91 Å². The minimum absolute atomic E-state index is 0. The van der Waals surface area contributed by atoms with Crippen molar-refractivity contribution >= 4 is 30.7 Å². The number of rotatable bonds is 6. The highest BCUT2D eigenvalue weighted by Crippen LogP contribution is 2.25. The summed E-state index contributed by atoms with van der Waals surface area (Å²) < 4.78 is 40.6. The Bertz CT molecular complexity index is 630. The smallest absolute Gasteiger partial charge is 0.353 e. The van der Waals surface area contributed by atoms with Crippen molar-refractivity contribution in [3.05, 3.63) is 35.9 Å². The number of piperidine rings is 1. The Kier molecular flexibility index (Phi) is 11.4. The second-order valence-electron chi connectivity index (χ2n) is 7.56. The van der Waals surface area contributed by atoms with Crippen LogP contribution in [0.25, 0.3) is 0 Å². The summed E-state index contributed by atoms with van der Waals surface area (Å²) >= 11 is 0. The standard InChI is InChI=1S/C20H29F3N4O.2ClH/c21-20(22,23)18(26-12-9-24-10-13-26)14-25-19(28)17-8-4-5-11-27(17)15-16-6-2-1-3-7-16;;/h1-3,6-7,17-18,24H,4-5,8-15H2,(H,25,28);2*1H. The lowest BCUT2D eigenvalue weighted by atomic mass is 10.00. The van der Waals surface area contributed by atoms with Crippen LogP contribution in [0, 0.1) is 0 Å².